The Kier molecular flexibility index (Phi) is 6.06. The molecule has 114 valence electrons. The highest BCUT2D eigenvalue weighted by Crippen LogP contribution is 2.39. The first-order valence-electron chi connectivity index (χ1n) is 8.20. The van der Waals surface area contributed by atoms with Gasteiger partial charge in [-0.2, -0.15) is 11.3 Å². The van der Waals surface area contributed by atoms with Gasteiger partial charge in [0.2, 0.25) is 0 Å². The van der Waals surface area contributed by atoms with Gasteiger partial charge in [-0.3, -0.25) is 4.90 Å². The Balaban J connectivity index is 2.08. The van der Waals surface area contributed by atoms with Crippen molar-refractivity contribution in [1.82, 2.24) is 10.2 Å². The van der Waals surface area contributed by atoms with Crippen LogP contribution >= 0.6 is 11.3 Å². The molecule has 0 amide bonds. The monoisotopic (exact) mass is 294 g/mol. The van der Waals surface area contributed by atoms with Crippen LogP contribution in [0.2, 0.25) is 0 Å². The summed E-state index contributed by atoms with van der Waals surface area (Å²) in [5.41, 5.74) is 1.90. The molecule has 1 aliphatic carbocycles. The minimum Gasteiger partial charge on any atom is -0.315 e. The fourth-order valence-electron chi connectivity index (χ4n) is 4.15. The van der Waals surface area contributed by atoms with E-state index >= 15 is 0 Å². The second-order valence-corrected chi connectivity index (χ2v) is 6.77. The topological polar surface area (TPSA) is 15.3 Å². The summed E-state index contributed by atoms with van der Waals surface area (Å²) in [7, 11) is 2.15. The molecule has 2 rings (SSSR count). The van der Waals surface area contributed by atoms with Crippen molar-refractivity contribution in [2.45, 2.75) is 64.0 Å². The molecule has 2 nitrogen and oxygen atoms in total. The number of nitrogens with zero attached hydrogens (tertiary/aromatic N) is 1. The number of rotatable bonds is 8. The van der Waals surface area contributed by atoms with E-state index in [1.165, 1.54) is 57.2 Å². The van der Waals surface area contributed by atoms with Gasteiger partial charge in [0.25, 0.3) is 0 Å². The van der Waals surface area contributed by atoms with E-state index in [1.807, 2.05) is 11.3 Å². The lowest BCUT2D eigenvalue weighted by Gasteiger charge is -2.46. The van der Waals surface area contributed by atoms with Gasteiger partial charge >= 0.3 is 0 Å². The van der Waals surface area contributed by atoms with Gasteiger partial charge < -0.3 is 5.32 Å². The van der Waals surface area contributed by atoms with Crippen molar-refractivity contribution in [2.75, 3.05) is 20.1 Å². The third-order valence-corrected chi connectivity index (χ3v) is 5.89. The molecule has 1 atom stereocenters. The van der Waals surface area contributed by atoms with Gasteiger partial charge in [0.1, 0.15) is 0 Å². The maximum atomic E-state index is 3.66. The SMILES string of the molecule is CCN(CC)C1(C(CCc2ccsc2)NC)CCCC1. The minimum atomic E-state index is 0.397. The van der Waals surface area contributed by atoms with E-state index in [9.17, 15) is 0 Å². The largest absolute Gasteiger partial charge is 0.315 e. The van der Waals surface area contributed by atoms with Crippen LogP contribution in [0.1, 0.15) is 51.5 Å². The number of hydrogen-bond donors (Lipinski definition) is 1. The van der Waals surface area contributed by atoms with E-state index < -0.39 is 0 Å². The van der Waals surface area contributed by atoms with E-state index in [0.29, 0.717) is 11.6 Å². The molecule has 1 heterocycles. The van der Waals surface area contributed by atoms with E-state index in [1.54, 1.807) is 0 Å². The van der Waals surface area contributed by atoms with Gasteiger partial charge in [-0.05, 0) is 68.2 Å². The van der Waals surface area contributed by atoms with Crippen molar-refractivity contribution in [3.63, 3.8) is 0 Å². The van der Waals surface area contributed by atoms with Gasteiger partial charge in [0, 0.05) is 11.6 Å². The standard InChI is InChI=1S/C17H30N2S/c1-4-19(5-2)17(11-6-7-12-17)16(18-3)9-8-15-10-13-20-14-15/h10,13-14,16,18H,4-9,11-12H2,1-3H3. The van der Waals surface area contributed by atoms with Crippen LogP contribution in [0.5, 0.6) is 0 Å². The summed E-state index contributed by atoms with van der Waals surface area (Å²) in [5.74, 6) is 0. The van der Waals surface area contributed by atoms with Crippen molar-refractivity contribution in [3.05, 3.63) is 22.4 Å². The van der Waals surface area contributed by atoms with Crippen molar-refractivity contribution < 1.29 is 0 Å². The van der Waals surface area contributed by atoms with Crippen molar-refractivity contribution >= 4 is 11.3 Å². The maximum Gasteiger partial charge on any atom is 0.0362 e. The first kappa shape index (κ1) is 16.0. The maximum absolute atomic E-state index is 3.66. The van der Waals surface area contributed by atoms with Gasteiger partial charge in [-0.15, -0.1) is 0 Å². The van der Waals surface area contributed by atoms with Gasteiger partial charge in [-0.25, -0.2) is 0 Å². The average molecular weight is 295 g/mol. The number of aryl methyl sites for hydroxylation is 1. The van der Waals surface area contributed by atoms with E-state index in [-0.39, 0.29) is 0 Å². The molecule has 0 aromatic carbocycles. The summed E-state index contributed by atoms with van der Waals surface area (Å²) in [5, 5.41) is 8.15. The molecule has 1 N–H and O–H groups in total. The van der Waals surface area contributed by atoms with Gasteiger partial charge in [0.05, 0.1) is 0 Å². The highest BCUT2D eigenvalue weighted by atomic mass is 32.1. The molecule has 1 fully saturated rings. The first-order chi connectivity index (χ1) is 9.76. The number of thiophene rings is 1. The fourth-order valence-corrected chi connectivity index (χ4v) is 4.86. The van der Waals surface area contributed by atoms with Crippen molar-refractivity contribution in [2.24, 2.45) is 0 Å². The molecular formula is C17H30N2S. The Morgan fingerprint density at radius 3 is 2.50 bits per heavy atom. The first-order valence-corrected chi connectivity index (χ1v) is 9.14. The van der Waals surface area contributed by atoms with Gasteiger partial charge in [0.15, 0.2) is 0 Å². The lowest BCUT2D eigenvalue weighted by molar-refractivity contribution is 0.0627. The van der Waals surface area contributed by atoms with Crippen LogP contribution in [0.3, 0.4) is 0 Å². The van der Waals surface area contributed by atoms with Crippen molar-refractivity contribution in [1.29, 1.82) is 0 Å². The Hall–Kier alpha value is -0.380. The lowest BCUT2D eigenvalue weighted by atomic mass is 9.83. The predicted octanol–water partition coefficient (Wildman–Crippen LogP) is 3.92. The quantitative estimate of drug-likeness (QED) is 0.781. The highest BCUT2D eigenvalue weighted by Gasteiger charge is 2.43. The predicted molar refractivity (Wildman–Crippen MR) is 89.6 cm³/mol. The summed E-state index contributed by atoms with van der Waals surface area (Å²) >= 11 is 1.81. The van der Waals surface area contributed by atoms with Crippen LogP contribution < -0.4 is 5.32 Å². The molecule has 3 heteroatoms. The normalized spacial score (nSPS) is 19.6. The van der Waals surface area contributed by atoms with E-state index in [2.05, 4.69) is 47.9 Å². The van der Waals surface area contributed by atoms with Crippen LogP contribution in [0.15, 0.2) is 16.8 Å². The molecule has 0 saturated heterocycles. The molecule has 1 saturated carbocycles. The number of likely N-dealkylation sites (N-methyl/N-ethyl adjacent to an activating group) is 2. The summed E-state index contributed by atoms with van der Waals surface area (Å²) in [6.45, 7) is 6.98. The molecule has 0 bridgehead atoms. The van der Waals surface area contributed by atoms with Crippen LogP contribution in [0.4, 0.5) is 0 Å². The second kappa shape index (κ2) is 7.58. The van der Waals surface area contributed by atoms with E-state index in [0.717, 1.165) is 0 Å². The fraction of sp³-hybridized carbons (Fsp3) is 0.765. The molecule has 1 aromatic rings. The zero-order valence-corrected chi connectivity index (χ0v) is 14.1. The molecular weight excluding hydrogens is 264 g/mol. The molecule has 1 unspecified atom stereocenters. The smallest absolute Gasteiger partial charge is 0.0362 e. The molecule has 1 aliphatic rings. The van der Waals surface area contributed by atoms with E-state index in [4.69, 9.17) is 0 Å². The zero-order chi connectivity index (χ0) is 14.4. The summed E-state index contributed by atoms with van der Waals surface area (Å²) in [4.78, 5) is 2.72. The third-order valence-electron chi connectivity index (χ3n) is 5.16. The van der Waals surface area contributed by atoms with Crippen molar-refractivity contribution in [3.8, 4) is 0 Å². The molecule has 20 heavy (non-hydrogen) atoms. The van der Waals surface area contributed by atoms with Crippen LogP contribution in [0.25, 0.3) is 0 Å². The highest BCUT2D eigenvalue weighted by molar-refractivity contribution is 7.07. The summed E-state index contributed by atoms with van der Waals surface area (Å²) < 4.78 is 0. The lowest BCUT2D eigenvalue weighted by Crippen LogP contribution is -2.59. The van der Waals surface area contributed by atoms with Crippen LogP contribution in [-0.4, -0.2) is 36.6 Å². The third kappa shape index (κ3) is 3.26. The molecule has 0 radical (unpaired) electrons. The Morgan fingerprint density at radius 1 is 1.30 bits per heavy atom. The number of hydrogen-bond acceptors (Lipinski definition) is 3. The number of nitrogens with one attached hydrogen (secondary N) is 1. The Labute approximate surface area is 128 Å². The summed E-state index contributed by atoms with van der Waals surface area (Å²) in [6, 6.07) is 2.89. The average Bonchev–Trinajstić information content (AvgIpc) is 3.13. The summed E-state index contributed by atoms with van der Waals surface area (Å²) in [6.07, 6.45) is 7.98. The molecule has 1 aromatic heterocycles. The minimum absolute atomic E-state index is 0.397. The van der Waals surface area contributed by atoms with Crippen LogP contribution in [-0.2, 0) is 6.42 Å². The van der Waals surface area contributed by atoms with Crippen LogP contribution in [0, 0.1) is 0 Å². The van der Waals surface area contributed by atoms with Gasteiger partial charge in [-0.1, -0.05) is 26.7 Å². The Bertz CT molecular complexity index is 364. The molecule has 0 spiro atoms. The zero-order valence-electron chi connectivity index (χ0n) is 13.3. The second-order valence-electron chi connectivity index (χ2n) is 5.99. The molecule has 0 aliphatic heterocycles. The Morgan fingerprint density at radius 2 is 2.00 bits per heavy atom.